The van der Waals surface area contributed by atoms with Crippen LogP contribution in [0.25, 0.3) is 83.9 Å². The fourth-order valence-electron chi connectivity index (χ4n) is 19.6. The van der Waals surface area contributed by atoms with E-state index in [-0.39, 0.29) is 11.6 Å². The number of hydrogen-bond acceptors (Lipinski definition) is 30. The number of ether oxygens (including phenoxy) is 8. The van der Waals surface area contributed by atoms with Gasteiger partial charge in [0.05, 0.1) is 70.1 Å². The van der Waals surface area contributed by atoms with Crippen LogP contribution in [-0.2, 0) is 14.2 Å². The third-order valence-corrected chi connectivity index (χ3v) is 27.4. The zero-order valence-corrected chi connectivity index (χ0v) is 85.3. The zero-order valence-electron chi connectivity index (χ0n) is 85.3. The molecule has 1 saturated carbocycles. The van der Waals surface area contributed by atoms with Gasteiger partial charge in [-0.2, -0.15) is 25.5 Å². The second-order valence-electron chi connectivity index (χ2n) is 39.0. The average Bonchev–Trinajstić information content (AvgIpc) is 1.72. The van der Waals surface area contributed by atoms with Crippen molar-refractivity contribution in [3.8, 4) is 84.4 Å². The fraction of sp³-hybridized carbons (Fsp3) is 0.436. The van der Waals surface area contributed by atoms with Gasteiger partial charge < -0.3 is 64.5 Å². The van der Waals surface area contributed by atoms with Crippen molar-refractivity contribution in [1.29, 1.82) is 0 Å². The van der Waals surface area contributed by atoms with Crippen molar-refractivity contribution in [2.75, 3.05) is 218 Å². The molecule has 16 heterocycles. The van der Waals surface area contributed by atoms with Crippen LogP contribution in [0, 0.1) is 26.2 Å². The highest BCUT2D eigenvalue weighted by molar-refractivity contribution is 5.98. The van der Waals surface area contributed by atoms with E-state index in [1.807, 2.05) is 124 Å². The quantitative estimate of drug-likeness (QED) is 0.0669. The number of carbonyl (C=O) groups excluding carboxylic acids is 2. The van der Waals surface area contributed by atoms with E-state index >= 15 is 0 Å². The number of carbonyl (C=O) groups is 2. The van der Waals surface area contributed by atoms with Gasteiger partial charge in [0.15, 0.2) is 39.8 Å². The minimum atomic E-state index is -0.00199. The van der Waals surface area contributed by atoms with Crippen molar-refractivity contribution in [2.45, 2.75) is 119 Å². The van der Waals surface area contributed by atoms with Gasteiger partial charge in [-0.15, -0.1) is 0 Å². The molecule has 145 heavy (non-hydrogen) atoms. The molecule has 22 rings (SSSR count). The standard InChI is InChI=1S/C25H33N5O.C22H27N5O2.C21H23N5O3.2C21H27N5O2/c1-18-13-19-15-21(14-18)31-12-11-29(20-5-4-7-25(2,3)16-20)10-8-26-23-6-9-30-24(28-23)22(19)17-27-30;1-3-4-7-26-9-6-23-21-5-8-27-22(25-21)20(15-24-27)18-12-17(16(2)28)13-19(14-18)29-11-10-26;1-14(27)15-8-16-10-18(9-15)29-7-6-25(17-12-28-13-17)5-3-22-20-2-4-26-21(24-20)19(16)11-23-26;1-16-12-17-14-18(13-16)28-10-3-6-25(9-11-27-2)8-5-22-20-4-7-26-21(24-20)19(17)15-23-26;1-16-12-17-14-18(13-16)28-11-9-25(8-10-27-2)6-3-5-22-20-4-7-26-21(24-20)19(17)15-23-26/h6,9,13-15,17,20H,4-5,7-8,10-12,16H2,1-3H3,(H,26,28);5,8,12-15H,3-4,6-7,9-11H2,1-2H3,(H,23,25);2,4,8-11,17H,3,5-7,12-13H2,1H3,(H,22,24);2*4,7,12-15H,3,5-6,8-11H2,1-2H3,(H,22,24). The Hall–Kier alpha value is -13.8. The Morgan fingerprint density at radius 3 is 1.08 bits per heavy atom. The summed E-state index contributed by atoms with van der Waals surface area (Å²) in [5.41, 5.74) is 19.0. The van der Waals surface area contributed by atoms with E-state index < -0.39 is 0 Å². The lowest BCUT2D eigenvalue weighted by Crippen LogP contribution is -2.51. The molecule has 1 atom stereocenters. The number of benzene rings is 5. The topological polar surface area (TPSA) is 335 Å². The number of aromatic nitrogens is 15. The van der Waals surface area contributed by atoms with Crippen LogP contribution in [0.1, 0.15) is 123 Å². The van der Waals surface area contributed by atoms with Crippen LogP contribution >= 0.6 is 0 Å². The molecule has 0 radical (unpaired) electrons. The Bertz CT molecular complexity index is 6910. The lowest BCUT2D eigenvalue weighted by Gasteiger charge is -2.41. The van der Waals surface area contributed by atoms with E-state index in [1.54, 1.807) is 55.6 Å². The van der Waals surface area contributed by atoms with E-state index in [9.17, 15) is 9.59 Å². The molecule has 1 saturated heterocycles. The van der Waals surface area contributed by atoms with Gasteiger partial charge in [-0.25, -0.2) is 47.5 Å². The predicted molar refractivity (Wildman–Crippen MR) is 567 cm³/mol. The number of fused-ring (bicyclic) bond motifs is 20. The van der Waals surface area contributed by atoms with Crippen LogP contribution in [-0.4, -0.2) is 313 Å². The van der Waals surface area contributed by atoms with Crippen molar-refractivity contribution < 1.29 is 47.5 Å². The Kier molecular flexibility index (Phi) is 33.7. The Balaban J connectivity index is 0.000000119. The van der Waals surface area contributed by atoms with Gasteiger partial charge in [0, 0.05) is 201 Å². The maximum Gasteiger partial charge on any atom is 0.165 e. The molecule has 2 fully saturated rings. The molecule has 6 aliphatic heterocycles. The molecule has 35 heteroatoms. The molecule has 7 aliphatic rings. The number of hydrogen-bond donors (Lipinski definition) is 5. The molecule has 0 amide bonds. The highest BCUT2D eigenvalue weighted by Gasteiger charge is 2.33. The third kappa shape index (κ3) is 26.5. The molecule has 15 aromatic rings. The van der Waals surface area contributed by atoms with Crippen molar-refractivity contribution >= 4 is 68.9 Å². The molecule has 20 bridgehead atoms. The molecular weight excluding hydrogens is 1830 g/mol. The number of nitrogens with zero attached hydrogens (tertiary/aromatic N) is 20. The van der Waals surface area contributed by atoms with Gasteiger partial charge in [0.2, 0.25) is 0 Å². The second-order valence-corrected chi connectivity index (χ2v) is 39.0. The Morgan fingerprint density at radius 2 is 0.717 bits per heavy atom. The van der Waals surface area contributed by atoms with Crippen molar-refractivity contribution in [2.24, 2.45) is 5.41 Å². The van der Waals surface area contributed by atoms with Crippen LogP contribution in [0.2, 0.25) is 0 Å². The first-order chi connectivity index (χ1) is 70.7. The number of Topliss-reactive ketones (excluding diaryl/α,β-unsaturated/α-hetero) is 2. The summed E-state index contributed by atoms with van der Waals surface area (Å²) in [6, 6.07) is 41.2. The lowest BCUT2D eigenvalue weighted by atomic mass is 9.74. The summed E-state index contributed by atoms with van der Waals surface area (Å²) in [4.78, 5) is 60.3. The molecule has 10 aromatic heterocycles. The monoisotopic (exact) mass is 1970 g/mol. The summed E-state index contributed by atoms with van der Waals surface area (Å²) in [6.07, 6.45) is 28.4. The number of aryl methyl sites for hydroxylation is 3. The van der Waals surface area contributed by atoms with E-state index in [1.165, 1.54) is 31.2 Å². The summed E-state index contributed by atoms with van der Waals surface area (Å²) in [6.45, 7) is 38.7. The second kappa shape index (κ2) is 48.3. The van der Waals surface area contributed by atoms with Crippen LogP contribution in [0.3, 0.4) is 0 Å². The van der Waals surface area contributed by atoms with Gasteiger partial charge in [-0.1, -0.05) is 51.8 Å². The van der Waals surface area contributed by atoms with Crippen molar-refractivity contribution in [1.82, 2.24) is 97.5 Å². The number of unbranched alkanes of at least 4 members (excludes halogenated alkanes) is 1. The number of methoxy groups -OCH3 is 2. The van der Waals surface area contributed by atoms with Gasteiger partial charge in [0.25, 0.3) is 0 Å². The summed E-state index contributed by atoms with van der Waals surface area (Å²) < 4.78 is 55.4. The molecule has 1 unspecified atom stereocenters. The molecule has 35 nitrogen and oxygen atoms in total. The largest absolute Gasteiger partial charge is 0.494 e. The first-order valence-corrected chi connectivity index (χ1v) is 51.2. The molecule has 1 aliphatic carbocycles. The lowest BCUT2D eigenvalue weighted by molar-refractivity contribution is -0.0660. The summed E-state index contributed by atoms with van der Waals surface area (Å²) >= 11 is 0. The normalized spacial score (nSPS) is 17.3. The predicted octanol–water partition coefficient (Wildman–Crippen LogP) is 16.1. The smallest absolute Gasteiger partial charge is 0.165 e. The van der Waals surface area contributed by atoms with Crippen LogP contribution in [0.15, 0.2) is 183 Å². The summed E-state index contributed by atoms with van der Waals surface area (Å²) in [5.74, 6) is 8.35. The molecule has 762 valence electrons. The Labute approximate surface area is 847 Å². The molecule has 5 aromatic carbocycles. The summed E-state index contributed by atoms with van der Waals surface area (Å²) in [7, 11) is 3.49. The van der Waals surface area contributed by atoms with Crippen LogP contribution in [0.4, 0.5) is 29.1 Å². The maximum atomic E-state index is 12.1. The highest BCUT2D eigenvalue weighted by Crippen LogP contribution is 2.40. The average molecular weight is 1970 g/mol. The number of ketones is 2. The Morgan fingerprint density at radius 1 is 0.379 bits per heavy atom. The highest BCUT2D eigenvalue weighted by atomic mass is 16.5. The van der Waals surface area contributed by atoms with Gasteiger partial charge in [-0.05, 0) is 233 Å². The van der Waals surface area contributed by atoms with Crippen LogP contribution in [0.5, 0.6) is 28.7 Å². The third-order valence-electron chi connectivity index (χ3n) is 27.4. The number of anilines is 5. The first kappa shape index (κ1) is 101. The fourth-order valence-corrected chi connectivity index (χ4v) is 19.6. The van der Waals surface area contributed by atoms with Crippen LogP contribution < -0.4 is 50.3 Å². The molecule has 0 spiro atoms. The van der Waals surface area contributed by atoms with E-state index in [0.717, 1.165) is 311 Å². The zero-order chi connectivity index (χ0) is 100. The van der Waals surface area contributed by atoms with Gasteiger partial charge in [-0.3, -0.25) is 34.1 Å². The van der Waals surface area contributed by atoms with Crippen molar-refractivity contribution in [3.05, 3.63) is 211 Å². The minimum absolute atomic E-state index is 0.00199. The molecule has 5 N–H and O–H groups in total. The minimum Gasteiger partial charge on any atom is -0.494 e. The summed E-state index contributed by atoms with van der Waals surface area (Å²) in [5, 5.41) is 39.5. The van der Waals surface area contributed by atoms with Gasteiger partial charge in [0.1, 0.15) is 84.3 Å². The van der Waals surface area contributed by atoms with Gasteiger partial charge >= 0.3 is 0 Å². The molecular formula is C110H137N25O10. The van der Waals surface area contributed by atoms with Crippen molar-refractivity contribution in [3.63, 3.8) is 0 Å². The maximum absolute atomic E-state index is 12.1. The SMILES string of the molecule is CC(=O)c1cc2cc(c1)-c1cnn3ccc(nc13)NCCN(C1COC1)CCO2.CCCCN1CCNc2ccn3ncc(c3n2)-c2cc(cc(C(C)=O)c2)OCC1.COCCN1CCCNc2ccn3ncc(c3n2)-c2cc(C)cc(c2)OCC1.COCCN1CCCOc2cc(C)cc(c2)-c2cnn3ccc(nc23)NCC1.Cc1cc2cc(c1)-c1cnn3ccc(nc13)NCCN(C1CCCC(C)(C)C1)CCO2. The van der Waals surface area contributed by atoms with E-state index in [2.05, 4.69) is 173 Å². The van der Waals surface area contributed by atoms with E-state index in [4.69, 9.17) is 62.8 Å². The number of rotatable bonds is 13. The number of nitrogens with one attached hydrogen (secondary N) is 5. The first-order valence-electron chi connectivity index (χ1n) is 51.2. The van der Waals surface area contributed by atoms with E-state index in [0.29, 0.717) is 73.2 Å².